The number of halogens is 2. The first-order valence-electron chi connectivity index (χ1n) is 5.05. The van der Waals surface area contributed by atoms with Gasteiger partial charge in [-0.25, -0.2) is 0 Å². The van der Waals surface area contributed by atoms with Crippen LogP contribution in [0.15, 0.2) is 27.1 Å². The molecule has 0 spiro atoms. The molecule has 0 aliphatic heterocycles. The van der Waals surface area contributed by atoms with Crippen LogP contribution < -0.4 is 11.1 Å². The van der Waals surface area contributed by atoms with Crippen molar-refractivity contribution in [1.29, 1.82) is 0 Å². The maximum absolute atomic E-state index is 11.8. The molecule has 0 aliphatic carbocycles. The molecule has 0 saturated heterocycles. The zero-order valence-corrected chi connectivity index (χ0v) is 13.4. The lowest BCUT2D eigenvalue weighted by molar-refractivity contribution is -0.117. The summed E-state index contributed by atoms with van der Waals surface area (Å²) in [6.07, 6.45) is 2.67. The first-order valence-corrected chi connectivity index (χ1v) is 8.03. The summed E-state index contributed by atoms with van der Waals surface area (Å²) in [6, 6.07) is 5.15. The van der Waals surface area contributed by atoms with Crippen LogP contribution in [0.4, 0.5) is 5.69 Å². The second-order valence-corrected chi connectivity index (χ2v) is 6.17. The van der Waals surface area contributed by atoms with Crippen molar-refractivity contribution >= 4 is 55.2 Å². The Morgan fingerprint density at radius 2 is 2.06 bits per heavy atom. The highest BCUT2D eigenvalue weighted by molar-refractivity contribution is 9.11. The quantitative estimate of drug-likeness (QED) is 0.823. The van der Waals surface area contributed by atoms with E-state index in [2.05, 4.69) is 37.2 Å². The summed E-state index contributed by atoms with van der Waals surface area (Å²) in [6.45, 7) is 0. The Morgan fingerprint density at radius 1 is 1.47 bits per heavy atom. The van der Waals surface area contributed by atoms with Crippen molar-refractivity contribution in [1.82, 2.24) is 0 Å². The smallest absolute Gasteiger partial charge is 0.241 e. The number of thioether (sulfide) groups is 1. The summed E-state index contributed by atoms with van der Waals surface area (Å²) in [4.78, 5) is 11.8. The number of nitrogens with one attached hydrogen (secondary N) is 1. The summed E-state index contributed by atoms with van der Waals surface area (Å²) < 4.78 is 1.66. The second-order valence-electron chi connectivity index (χ2n) is 3.47. The van der Waals surface area contributed by atoms with Crippen molar-refractivity contribution in [3.63, 3.8) is 0 Å². The molecular weight excluding hydrogens is 368 g/mol. The molecule has 0 bridgehead atoms. The third-order valence-corrected chi connectivity index (χ3v) is 4.15. The van der Waals surface area contributed by atoms with Gasteiger partial charge in [0.1, 0.15) is 0 Å². The van der Waals surface area contributed by atoms with Gasteiger partial charge in [-0.2, -0.15) is 11.8 Å². The highest BCUT2D eigenvalue weighted by Gasteiger charge is 2.15. The average molecular weight is 382 g/mol. The second kappa shape index (κ2) is 7.41. The monoisotopic (exact) mass is 380 g/mol. The van der Waals surface area contributed by atoms with Gasteiger partial charge >= 0.3 is 0 Å². The normalized spacial score (nSPS) is 12.2. The fraction of sp³-hybridized carbons (Fsp3) is 0.364. The Balaban J connectivity index is 2.68. The van der Waals surface area contributed by atoms with E-state index in [9.17, 15) is 4.79 Å². The summed E-state index contributed by atoms with van der Waals surface area (Å²) in [7, 11) is 0. The number of hydrogen-bond acceptors (Lipinski definition) is 3. The average Bonchev–Trinajstić information content (AvgIpc) is 2.30. The van der Waals surface area contributed by atoms with Gasteiger partial charge in [-0.15, -0.1) is 0 Å². The number of hydrogen-bond donors (Lipinski definition) is 2. The lowest BCUT2D eigenvalue weighted by atomic mass is 10.2. The number of nitrogens with two attached hydrogens (primary N) is 1. The van der Waals surface area contributed by atoms with Crippen LogP contribution in [0.25, 0.3) is 0 Å². The maximum atomic E-state index is 11.8. The highest BCUT2D eigenvalue weighted by Crippen LogP contribution is 2.30. The van der Waals surface area contributed by atoms with Gasteiger partial charge in [0.05, 0.1) is 11.7 Å². The Labute approximate surface area is 122 Å². The third kappa shape index (κ3) is 4.62. The van der Waals surface area contributed by atoms with Crippen molar-refractivity contribution in [2.45, 2.75) is 12.5 Å². The van der Waals surface area contributed by atoms with Crippen molar-refractivity contribution in [2.75, 3.05) is 17.3 Å². The summed E-state index contributed by atoms with van der Waals surface area (Å²) in [5.41, 5.74) is 6.51. The van der Waals surface area contributed by atoms with Gasteiger partial charge in [-0.05, 0) is 62.4 Å². The molecule has 1 aromatic carbocycles. The molecule has 1 rings (SSSR count). The fourth-order valence-corrected chi connectivity index (χ4v) is 2.90. The molecule has 6 heteroatoms. The molecule has 3 N–H and O–H groups in total. The molecule has 17 heavy (non-hydrogen) atoms. The largest absolute Gasteiger partial charge is 0.323 e. The van der Waals surface area contributed by atoms with Gasteiger partial charge in [0.25, 0.3) is 0 Å². The van der Waals surface area contributed by atoms with Crippen molar-refractivity contribution in [3.8, 4) is 0 Å². The number of rotatable bonds is 5. The number of para-hydroxylation sites is 1. The van der Waals surface area contributed by atoms with E-state index in [0.29, 0.717) is 6.42 Å². The van der Waals surface area contributed by atoms with E-state index in [1.54, 1.807) is 11.8 Å². The summed E-state index contributed by atoms with van der Waals surface area (Å²) in [5, 5.41) is 2.82. The van der Waals surface area contributed by atoms with Crippen LogP contribution in [-0.4, -0.2) is 24.0 Å². The van der Waals surface area contributed by atoms with E-state index in [-0.39, 0.29) is 5.91 Å². The number of anilines is 1. The predicted molar refractivity (Wildman–Crippen MR) is 81.4 cm³/mol. The van der Waals surface area contributed by atoms with Crippen LogP contribution in [0.2, 0.25) is 0 Å². The molecule has 0 unspecified atom stereocenters. The molecule has 0 aromatic heterocycles. The van der Waals surface area contributed by atoms with E-state index in [1.165, 1.54) is 0 Å². The van der Waals surface area contributed by atoms with E-state index in [0.717, 1.165) is 20.4 Å². The van der Waals surface area contributed by atoms with Gasteiger partial charge in [0.15, 0.2) is 0 Å². The van der Waals surface area contributed by atoms with Crippen LogP contribution in [0.5, 0.6) is 0 Å². The van der Waals surface area contributed by atoms with Crippen LogP contribution in [-0.2, 0) is 4.79 Å². The molecule has 3 nitrogen and oxygen atoms in total. The van der Waals surface area contributed by atoms with E-state index >= 15 is 0 Å². The molecule has 0 fully saturated rings. The number of carbonyl (C=O) groups excluding carboxylic acids is 1. The van der Waals surface area contributed by atoms with Gasteiger partial charge in [0, 0.05) is 8.95 Å². The van der Waals surface area contributed by atoms with Gasteiger partial charge < -0.3 is 11.1 Å². The first-order chi connectivity index (χ1) is 8.06. The molecule has 94 valence electrons. The van der Waals surface area contributed by atoms with Crippen molar-refractivity contribution in [3.05, 3.63) is 27.1 Å². The lowest BCUT2D eigenvalue weighted by Crippen LogP contribution is -2.36. The van der Waals surface area contributed by atoms with Crippen LogP contribution in [0.1, 0.15) is 6.42 Å². The van der Waals surface area contributed by atoms with E-state index < -0.39 is 6.04 Å². The minimum Gasteiger partial charge on any atom is -0.323 e. The van der Waals surface area contributed by atoms with Crippen LogP contribution in [0.3, 0.4) is 0 Å². The molecule has 0 aliphatic rings. The van der Waals surface area contributed by atoms with Gasteiger partial charge in [-0.1, -0.05) is 6.07 Å². The fourth-order valence-electron chi connectivity index (χ4n) is 1.21. The Hall–Kier alpha value is -0.0400. The van der Waals surface area contributed by atoms with Crippen LogP contribution in [0, 0.1) is 0 Å². The SMILES string of the molecule is CSCC[C@H](N)C(=O)Nc1c(Br)cccc1Br. The maximum Gasteiger partial charge on any atom is 0.241 e. The molecule has 0 heterocycles. The lowest BCUT2D eigenvalue weighted by Gasteiger charge is -2.13. The Kier molecular flexibility index (Phi) is 6.54. The summed E-state index contributed by atoms with van der Waals surface area (Å²) >= 11 is 8.46. The molecular formula is C11H14Br2N2OS. The number of benzene rings is 1. The standard InChI is InChI=1S/C11H14Br2N2OS/c1-17-6-5-9(14)11(16)15-10-7(12)3-2-4-8(10)13/h2-4,9H,5-6,14H2,1H3,(H,15,16)/t9-/m0/s1. The number of amides is 1. The molecule has 1 atom stereocenters. The van der Waals surface area contributed by atoms with Gasteiger partial charge in [-0.3, -0.25) is 4.79 Å². The first kappa shape index (κ1) is 15.0. The third-order valence-electron chi connectivity index (χ3n) is 2.18. The van der Waals surface area contributed by atoms with Gasteiger partial charge in [0.2, 0.25) is 5.91 Å². The molecule has 1 amide bonds. The summed E-state index contributed by atoms with van der Waals surface area (Å²) in [5.74, 6) is 0.720. The Bertz CT molecular complexity index is 381. The highest BCUT2D eigenvalue weighted by atomic mass is 79.9. The zero-order chi connectivity index (χ0) is 12.8. The van der Waals surface area contributed by atoms with Crippen molar-refractivity contribution in [2.24, 2.45) is 5.73 Å². The minimum atomic E-state index is -0.471. The zero-order valence-electron chi connectivity index (χ0n) is 9.37. The predicted octanol–water partition coefficient (Wildman–Crippen LogP) is 3.23. The minimum absolute atomic E-state index is 0.161. The van der Waals surface area contributed by atoms with E-state index in [4.69, 9.17) is 5.73 Å². The van der Waals surface area contributed by atoms with Crippen LogP contribution >= 0.6 is 43.6 Å². The molecule has 0 saturated carbocycles. The molecule has 1 aromatic rings. The van der Waals surface area contributed by atoms with Crippen molar-refractivity contribution < 1.29 is 4.79 Å². The molecule has 0 radical (unpaired) electrons. The number of carbonyl (C=O) groups is 1. The topological polar surface area (TPSA) is 55.1 Å². The Morgan fingerprint density at radius 3 is 2.59 bits per heavy atom. The van der Waals surface area contributed by atoms with E-state index in [1.807, 2.05) is 24.5 Å².